The van der Waals surface area contributed by atoms with Gasteiger partial charge in [0, 0.05) is 24.7 Å². The van der Waals surface area contributed by atoms with E-state index in [0.717, 1.165) is 26.1 Å². The maximum Gasteiger partial charge on any atom is 0.295 e. The number of ketones is 1. The number of carbonyl (C=O) groups is 2. The Balaban J connectivity index is 1.81. The lowest BCUT2D eigenvalue weighted by Crippen LogP contribution is -3.11. The van der Waals surface area contributed by atoms with Crippen LogP contribution in [0.5, 0.6) is 5.75 Å². The second-order valence-electron chi connectivity index (χ2n) is 8.78. The third-order valence-corrected chi connectivity index (χ3v) is 6.81. The van der Waals surface area contributed by atoms with Gasteiger partial charge in [-0.15, -0.1) is 0 Å². The van der Waals surface area contributed by atoms with Gasteiger partial charge in [0.05, 0.1) is 44.2 Å². The molecule has 0 spiro atoms. The average molecular weight is 477 g/mol. The van der Waals surface area contributed by atoms with Gasteiger partial charge in [-0.2, -0.15) is 0 Å². The molecule has 1 atom stereocenters. The molecule has 0 bridgehead atoms. The SMILES string of the molecule is CC[NH+](CC)CCCN1C(=O)C(=O)C(=C([O-])c2c(C)nc3ccccn23)C1c1ccc(OC)cc1. The standard InChI is InChI=1S/C27H32N4O4/c1-5-29(6-2)15-9-17-31-24(19-11-13-20(35-4)14-12-19)22(26(33)27(31)34)25(32)23-18(3)28-21-10-7-8-16-30(21)23/h7-8,10-14,16,24,32H,5-6,9,15,17H2,1-4H3. The van der Waals surface area contributed by atoms with Crippen LogP contribution in [0.4, 0.5) is 0 Å². The van der Waals surface area contributed by atoms with E-state index in [1.54, 1.807) is 53.8 Å². The highest BCUT2D eigenvalue weighted by molar-refractivity contribution is 6.46. The van der Waals surface area contributed by atoms with Crippen LogP contribution in [0.1, 0.15) is 43.3 Å². The molecule has 1 aromatic carbocycles. The lowest BCUT2D eigenvalue weighted by atomic mass is 9.96. The van der Waals surface area contributed by atoms with Crippen molar-refractivity contribution < 1.29 is 24.3 Å². The molecule has 4 rings (SSSR count). The molecule has 1 aliphatic heterocycles. The van der Waals surface area contributed by atoms with Gasteiger partial charge >= 0.3 is 0 Å². The highest BCUT2D eigenvalue weighted by Crippen LogP contribution is 2.39. The first-order chi connectivity index (χ1) is 16.9. The first kappa shape index (κ1) is 24.5. The van der Waals surface area contributed by atoms with Crippen LogP contribution < -0.4 is 14.7 Å². The summed E-state index contributed by atoms with van der Waals surface area (Å²) in [5.74, 6) is -1.17. The minimum atomic E-state index is -0.756. The number of imidazole rings is 1. The van der Waals surface area contributed by atoms with Gasteiger partial charge in [0.25, 0.3) is 5.91 Å². The molecule has 0 radical (unpaired) electrons. The molecular weight excluding hydrogens is 444 g/mol. The molecule has 1 amide bonds. The fourth-order valence-corrected chi connectivity index (χ4v) is 4.85. The van der Waals surface area contributed by atoms with Crippen LogP contribution in [-0.4, -0.2) is 59.3 Å². The van der Waals surface area contributed by atoms with Crippen LogP contribution in [0, 0.1) is 6.92 Å². The van der Waals surface area contributed by atoms with Crippen LogP contribution >= 0.6 is 0 Å². The number of aromatic nitrogens is 2. The summed E-state index contributed by atoms with van der Waals surface area (Å²) in [5, 5.41) is 13.9. The molecule has 1 saturated heterocycles. The molecule has 1 unspecified atom stereocenters. The number of ether oxygens (including phenoxy) is 1. The van der Waals surface area contributed by atoms with Crippen molar-refractivity contribution in [3.63, 3.8) is 0 Å². The number of benzene rings is 1. The van der Waals surface area contributed by atoms with Gasteiger partial charge < -0.3 is 24.0 Å². The second kappa shape index (κ2) is 10.3. The first-order valence-electron chi connectivity index (χ1n) is 12.1. The lowest BCUT2D eigenvalue weighted by molar-refractivity contribution is -0.896. The fraction of sp³-hybridized carbons (Fsp3) is 0.370. The van der Waals surface area contributed by atoms with Gasteiger partial charge in [0.15, 0.2) is 0 Å². The summed E-state index contributed by atoms with van der Waals surface area (Å²) in [6, 6.07) is 11.9. The summed E-state index contributed by atoms with van der Waals surface area (Å²) >= 11 is 0. The summed E-state index contributed by atoms with van der Waals surface area (Å²) in [7, 11) is 1.58. The van der Waals surface area contributed by atoms with E-state index in [4.69, 9.17) is 4.74 Å². The smallest absolute Gasteiger partial charge is 0.295 e. The summed E-state index contributed by atoms with van der Waals surface area (Å²) in [5.41, 5.74) is 2.13. The predicted molar refractivity (Wildman–Crippen MR) is 131 cm³/mol. The number of quaternary nitrogens is 1. The summed E-state index contributed by atoms with van der Waals surface area (Å²) < 4.78 is 6.96. The molecule has 3 heterocycles. The van der Waals surface area contributed by atoms with E-state index in [1.165, 1.54) is 4.90 Å². The molecular formula is C27H32N4O4. The molecule has 1 fully saturated rings. The molecule has 35 heavy (non-hydrogen) atoms. The van der Waals surface area contributed by atoms with Crippen LogP contribution in [-0.2, 0) is 9.59 Å². The van der Waals surface area contributed by atoms with Crippen LogP contribution in [0.3, 0.4) is 0 Å². The number of nitrogens with one attached hydrogen (secondary N) is 1. The molecule has 0 saturated carbocycles. The normalized spacial score (nSPS) is 17.6. The third-order valence-electron chi connectivity index (χ3n) is 6.81. The van der Waals surface area contributed by atoms with Crippen molar-refractivity contribution in [2.24, 2.45) is 0 Å². The molecule has 184 valence electrons. The largest absolute Gasteiger partial charge is 0.871 e. The van der Waals surface area contributed by atoms with E-state index in [9.17, 15) is 14.7 Å². The zero-order valence-electron chi connectivity index (χ0n) is 20.7. The van der Waals surface area contributed by atoms with Crippen molar-refractivity contribution in [3.05, 3.63) is 71.2 Å². The number of pyridine rings is 1. The van der Waals surface area contributed by atoms with Crippen molar-refractivity contribution in [1.82, 2.24) is 14.3 Å². The molecule has 1 N–H and O–H groups in total. The van der Waals surface area contributed by atoms with Gasteiger partial charge in [0.1, 0.15) is 11.4 Å². The van der Waals surface area contributed by atoms with Crippen molar-refractivity contribution in [1.29, 1.82) is 0 Å². The molecule has 3 aromatic rings. The Hall–Kier alpha value is -3.65. The van der Waals surface area contributed by atoms with Gasteiger partial charge in [-0.3, -0.25) is 9.59 Å². The van der Waals surface area contributed by atoms with E-state index in [2.05, 4.69) is 18.8 Å². The minimum absolute atomic E-state index is 0.0240. The Labute approximate surface area is 205 Å². The lowest BCUT2D eigenvalue weighted by Gasteiger charge is -2.28. The number of aryl methyl sites for hydroxylation is 1. The van der Waals surface area contributed by atoms with Gasteiger partial charge in [-0.05, 0) is 50.6 Å². The molecule has 1 aliphatic rings. The topological polar surface area (TPSA) is 91.4 Å². The number of hydrogen-bond donors (Lipinski definition) is 1. The number of amides is 1. The maximum atomic E-state index is 13.9. The number of carbonyl (C=O) groups excluding carboxylic acids is 2. The quantitative estimate of drug-likeness (QED) is 0.285. The monoisotopic (exact) mass is 476 g/mol. The van der Waals surface area contributed by atoms with Crippen LogP contribution in [0.15, 0.2) is 54.2 Å². The van der Waals surface area contributed by atoms with E-state index in [1.807, 2.05) is 18.2 Å². The van der Waals surface area contributed by atoms with Crippen molar-refractivity contribution in [3.8, 4) is 5.75 Å². The predicted octanol–water partition coefficient (Wildman–Crippen LogP) is 1.19. The average Bonchev–Trinajstić information content (AvgIpc) is 3.34. The number of likely N-dealkylation sites (tertiary alicyclic amines) is 1. The zero-order valence-corrected chi connectivity index (χ0v) is 20.7. The Morgan fingerprint density at radius 3 is 2.49 bits per heavy atom. The number of methoxy groups -OCH3 is 1. The molecule has 8 nitrogen and oxygen atoms in total. The number of hydrogen-bond acceptors (Lipinski definition) is 5. The highest BCUT2D eigenvalue weighted by Gasteiger charge is 2.44. The molecule has 0 aliphatic carbocycles. The Morgan fingerprint density at radius 1 is 1.11 bits per heavy atom. The van der Waals surface area contributed by atoms with Gasteiger partial charge in [-0.1, -0.05) is 24.0 Å². The van der Waals surface area contributed by atoms with E-state index >= 15 is 0 Å². The van der Waals surface area contributed by atoms with E-state index in [-0.39, 0.29) is 5.57 Å². The number of rotatable bonds is 9. The summed E-state index contributed by atoms with van der Waals surface area (Å²) in [6.07, 6.45) is 2.48. The van der Waals surface area contributed by atoms with Gasteiger partial charge in [-0.25, -0.2) is 4.98 Å². The Kier molecular flexibility index (Phi) is 7.21. The number of nitrogens with zero attached hydrogens (tertiary/aromatic N) is 3. The van der Waals surface area contributed by atoms with Crippen molar-refractivity contribution >= 4 is 23.1 Å². The Morgan fingerprint density at radius 2 is 1.83 bits per heavy atom. The van der Waals surface area contributed by atoms with Gasteiger partial charge in [0.2, 0.25) is 5.78 Å². The van der Waals surface area contributed by atoms with Crippen molar-refractivity contribution in [2.45, 2.75) is 33.2 Å². The Bertz CT molecular complexity index is 1260. The number of fused-ring (bicyclic) bond motifs is 1. The summed E-state index contributed by atoms with van der Waals surface area (Å²) in [6.45, 7) is 9.28. The summed E-state index contributed by atoms with van der Waals surface area (Å²) in [4.78, 5) is 34.0. The maximum absolute atomic E-state index is 13.9. The van der Waals surface area contributed by atoms with Crippen LogP contribution in [0.2, 0.25) is 0 Å². The van der Waals surface area contributed by atoms with Crippen molar-refractivity contribution in [2.75, 3.05) is 33.3 Å². The van der Waals surface area contributed by atoms with E-state index in [0.29, 0.717) is 34.9 Å². The molecule has 8 heteroatoms. The molecule has 2 aromatic heterocycles. The zero-order chi connectivity index (χ0) is 25.1. The van der Waals surface area contributed by atoms with E-state index < -0.39 is 23.5 Å². The fourth-order valence-electron chi connectivity index (χ4n) is 4.85. The first-order valence-corrected chi connectivity index (χ1v) is 12.1. The highest BCUT2D eigenvalue weighted by atomic mass is 16.5. The minimum Gasteiger partial charge on any atom is -0.871 e. The second-order valence-corrected chi connectivity index (χ2v) is 8.78. The third kappa shape index (κ3) is 4.53. The van der Waals surface area contributed by atoms with Crippen LogP contribution in [0.25, 0.3) is 11.4 Å². The number of Topliss-reactive ketones (excluding diaryl/α,β-unsaturated/α-hetero) is 1.